The fourth-order valence-electron chi connectivity index (χ4n) is 3.26. The Balaban J connectivity index is 1.55. The Bertz CT molecular complexity index is 1190. The van der Waals surface area contributed by atoms with Crippen LogP contribution in [-0.4, -0.2) is 31.7 Å². The number of para-hydroxylation sites is 2. The molecule has 0 saturated carbocycles. The smallest absolute Gasteiger partial charge is 0.249 e. The predicted octanol–water partition coefficient (Wildman–Crippen LogP) is 4.46. The van der Waals surface area contributed by atoms with Gasteiger partial charge in [-0.1, -0.05) is 42.0 Å². The molecule has 0 unspecified atom stereocenters. The Kier molecular flexibility index (Phi) is 9.24. The molecular weight excluding hydrogens is 446 g/mol. The lowest BCUT2D eigenvalue weighted by atomic mass is 10.1. The number of rotatable bonds is 11. The predicted molar refractivity (Wildman–Crippen MR) is 135 cm³/mol. The first-order chi connectivity index (χ1) is 17.0. The van der Waals surface area contributed by atoms with Crippen LogP contribution in [0.2, 0.25) is 0 Å². The molecule has 8 heteroatoms. The third kappa shape index (κ3) is 7.89. The molecule has 0 heterocycles. The number of hydrogen-bond donors (Lipinski definition) is 2. The largest absolute Gasteiger partial charge is 0.495 e. The molecule has 0 aliphatic carbocycles. The second-order valence-corrected chi connectivity index (χ2v) is 7.64. The number of hydrogen-bond acceptors (Lipinski definition) is 6. The van der Waals surface area contributed by atoms with Gasteiger partial charge < -0.3 is 19.5 Å². The Morgan fingerprint density at radius 2 is 1.74 bits per heavy atom. The van der Waals surface area contributed by atoms with Gasteiger partial charge in [-0.2, -0.15) is 5.10 Å². The monoisotopic (exact) mass is 475 g/mol. The van der Waals surface area contributed by atoms with Gasteiger partial charge in [0.05, 0.1) is 25.6 Å². The highest BCUT2D eigenvalue weighted by atomic mass is 16.5. The topological polar surface area (TPSA) is 98.2 Å². The van der Waals surface area contributed by atoms with Crippen molar-refractivity contribution < 1.29 is 23.8 Å². The van der Waals surface area contributed by atoms with E-state index < -0.39 is 11.8 Å². The average Bonchev–Trinajstić information content (AvgIpc) is 2.84. The molecule has 2 N–H and O–H groups in total. The van der Waals surface area contributed by atoms with E-state index in [1.807, 2.05) is 32.0 Å². The van der Waals surface area contributed by atoms with Crippen molar-refractivity contribution in [1.82, 2.24) is 5.43 Å². The van der Waals surface area contributed by atoms with E-state index in [9.17, 15) is 9.59 Å². The van der Waals surface area contributed by atoms with Crippen LogP contribution >= 0.6 is 0 Å². The number of methoxy groups -OCH3 is 1. The van der Waals surface area contributed by atoms with E-state index in [-0.39, 0.29) is 6.42 Å². The van der Waals surface area contributed by atoms with Crippen molar-refractivity contribution >= 4 is 23.7 Å². The molecule has 3 aromatic rings. The molecule has 0 spiro atoms. The van der Waals surface area contributed by atoms with Crippen LogP contribution in [0.4, 0.5) is 5.69 Å². The Morgan fingerprint density at radius 1 is 0.914 bits per heavy atom. The van der Waals surface area contributed by atoms with Crippen molar-refractivity contribution in [3.05, 3.63) is 83.4 Å². The van der Waals surface area contributed by atoms with Crippen LogP contribution in [0.15, 0.2) is 71.8 Å². The van der Waals surface area contributed by atoms with Crippen molar-refractivity contribution in [3.63, 3.8) is 0 Å². The van der Waals surface area contributed by atoms with E-state index >= 15 is 0 Å². The second kappa shape index (κ2) is 12.8. The molecule has 0 fully saturated rings. The molecule has 182 valence electrons. The number of anilines is 1. The van der Waals surface area contributed by atoms with Crippen molar-refractivity contribution in [2.75, 3.05) is 19.0 Å². The highest BCUT2D eigenvalue weighted by molar-refractivity contribution is 6.04. The minimum absolute atomic E-state index is 0.384. The molecule has 3 rings (SSSR count). The zero-order valence-electron chi connectivity index (χ0n) is 20.0. The van der Waals surface area contributed by atoms with Crippen molar-refractivity contribution in [1.29, 1.82) is 0 Å². The van der Waals surface area contributed by atoms with Gasteiger partial charge >= 0.3 is 0 Å². The summed E-state index contributed by atoms with van der Waals surface area (Å²) in [6.45, 7) is 4.82. The summed E-state index contributed by atoms with van der Waals surface area (Å²) in [7, 11) is 1.51. The van der Waals surface area contributed by atoms with E-state index in [0.717, 1.165) is 5.56 Å². The van der Waals surface area contributed by atoms with Crippen LogP contribution in [0.25, 0.3) is 0 Å². The zero-order chi connectivity index (χ0) is 25.0. The molecule has 0 saturated heterocycles. The molecule has 35 heavy (non-hydrogen) atoms. The average molecular weight is 476 g/mol. The lowest BCUT2D eigenvalue weighted by Gasteiger charge is -2.13. The van der Waals surface area contributed by atoms with Crippen molar-refractivity contribution in [2.45, 2.75) is 26.9 Å². The number of carbonyl (C=O) groups is 2. The first kappa shape index (κ1) is 25.3. The number of hydrazone groups is 1. The quantitative estimate of drug-likeness (QED) is 0.242. The summed E-state index contributed by atoms with van der Waals surface area (Å²) >= 11 is 0. The number of nitrogens with zero attached hydrogens (tertiary/aromatic N) is 1. The molecule has 3 aromatic carbocycles. The summed E-state index contributed by atoms with van der Waals surface area (Å²) in [6, 6.07) is 20.4. The molecule has 2 amide bonds. The normalized spacial score (nSPS) is 10.6. The molecule has 0 aliphatic heterocycles. The van der Waals surface area contributed by atoms with Gasteiger partial charge in [-0.3, -0.25) is 9.59 Å². The number of amides is 2. The van der Waals surface area contributed by atoms with Crippen LogP contribution in [0.1, 0.15) is 30.0 Å². The minimum Gasteiger partial charge on any atom is -0.495 e. The standard InChI is InChI=1S/C27H29N3O5/c1-4-34-25-15-20(12-13-24(25)35-18-21-9-7-8-19(2)14-21)17-28-30-27(32)16-26(31)29-22-10-5-6-11-23(22)33-3/h5-15,17H,4,16,18H2,1-3H3,(H,29,31)(H,30,32). The van der Waals surface area contributed by atoms with E-state index in [0.29, 0.717) is 41.7 Å². The highest BCUT2D eigenvalue weighted by Crippen LogP contribution is 2.29. The molecule has 8 nitrogen and oxygen atoms in total. The van der Waals surface area contributed by atoms with Crippen LogP contribution in [0.5, 0.6) is 17.2 Å². The molecule has 0 aliphatic rings. The summed E-state index contributed by atoms with van der Waals surface area (Å²) in [4.78, 5) is 24.2. The van der Waals surface area contributed by atoms with Gasteiger partial charge in [0, 0.05) is 0 Å². The number of benzene rings is 3. The summed E-state index contributed by atoms with van der Waals surface area (Å²) in [5.41, 5.74) is 5.79. The maximum atomic E-state index is 12.2. The zero-order valence-corrected chi connectivity index (χ0v) is 20.0. The number of aryl methyl sites for hydroxylation is 1. The van der Waals surface area contributed by atoms with E-state index in [2.05, 4.69) is 21.9 Å². The SMILES string of the molecule is CCOc1cc(C=NNC(=O)CC(=O)Nc2ccccc2OC)ccc1OCc1cccc(C)c1. The summed E-state index contributed by atoms with van der Waals surface area (Å²) in [6.07, 6.45) is 1.09. The van der Waals surface area contributed by atoms with E-state index in [1.54, 1.807) is 42.5 Å². The maximum Gasteiger partial charge on any atom is 0.249 e. The van der Waals surface area contributed by atoms with E-state index in [4.69, 9.17) is 14.2 Å². The summed E-state index contributed by atoms with van der Waals surface area (Å²) in [5.74, 6) is 0.678. The van der Waals surface area contributed by atoms with E-state index in [1.165, 1.54) is 18.9 Å². The van der Waals surface area contributed by atoms with Crippen LogP contribution in [0, 0.1) is 6.92 Å². The van der Waals surface area contributed by atoms with Crippen molar-refractivity contribution in [2.24, 2.45) is 5.10 Å². The van der Waals surface area contributed by atoms with Gasteiger partial charge in [0.1, 0.15) is 18.8 Å². The summed E-state index contributed by atoms with van der Waals surface area (Å²) < 4.78 is 16.8. The minimum atomic E-state index is -0.545. The second-order valence-electron chi connectivity index (χ2n) is 7.64. The first-order valence-corrected chi connectivity index (χ1v) is 11.2. The van der Waals surface area contributed by atoms with Crippen LogP contribution in [-0.2, 0) is 16.2 Å². The number of ether oxygens (including phenoxy) is 3. The fraction of sp³-hybridized carbons (Fsp3) is 0.222. The third-order valence-corrected chi connectivity index (χ3v) is 4.85. The van der Waals surface area contributed by atoms with Crippen LogP contribution in [0.3, 0.4) is 0 Å². The lowest BCUT2D eigenvalue weighted by molar-refractivity contribution is -0.126. The van der Waals surface area contributed by atoms with Crippen molar-refractivity contribution in [3.8, 4) is 17.2 Å². The van der Waals surface area contributed by atoms with Gasteiger partial charge in [-0.25, -0.2) is 5.43 Å². The van der Waals surface area contributed by atoms with Crippen LogP contribution < -0.4 is 25.0 Å². The number of carbonyl (C=O) groups excluding carboxylic acids is 2. The first-order valence-electron chi connectivity index (χ1n) is 11.2. The van der Waals surface area contributed by atoms with Gasteiger partial charge in [-0.05, 0) is 55.3 Å². The Morgan fingerprint density at radius 3 is 2.51 bits per heavy atom. The number of nitrogens with one attached hydrogen (secondary N) is 2. The Hall–Kier alpha value is -4.33. The molecule has 0 radical (unpaired) electrons. The Labute approximate surface area is 204 Å². The summed E-state index contributed by atoms with van der Waals surface area (Å²) in [5, 5.41) is 6.59. The highest BCUT2D eigenvalue weighted by Gasteiger charge is 2.11. The van der Waals surface area contributed by atoms with Gasteiger partial charge in [0.2, 0.25) is 11.8 Å². The fourth-order valence-corrected chi connectivity index (χ4v) is 3.26. The molecule has 0 aromatic heterocycles. The van der Waals surface area contributed by atoms with Gasteiger partial charge in [0.25, 0.3) is 0 Å². The molecule has 0 bridgehead atoms. The lowest BCUT2D eigenvalue weighted by Crippen LogP contribution is -2.24. The van der Waals surface area contributed by atoms with Gasteiger partial charge in [0.15, 0.2) is 11.5 Å². The molecule has 0 atom stereocenters. The van der Waals surface area contributed by atoms with Gasteiger partial charge in [-0.15, -0.1) is 0 Å². The molecular formula is C27H29N3O5. The third-order valence-electron chi connectivity index (χ3n) is 4.85. The maximum absolute atomic E-state index is 12.2.